The molecule has 1 atom stereocenters. The highest BCUT2D eigenvalue weighted by atomic mass is 35.5. The Labute approximate surface area is 78.8 Å². The lowest BCUT2D eigenvalue weighted by atomic mass is 9.83. The molecule has 1 aliphatic rings. The Morgan fingerprint density at radius 2 is 2.33 bits per heavy atom. The zero-order chi connectivity index (χ0) is 9.14. The molecule has 2 heteroatoms. The molecule has 1 aliphatic carbocycles. The van der Waals surface area contributed by atoms with Gasteiger partial charge in [-0.25, -0.2) is 0 Å². The van der Waals surface area contributed by atoms with E-state index in [1.54, 1.807) is 0 Å². The van der Waals surface area contributed by atoms with Gasteiger partial charge in [0, 0.05) is 5.57 Å². The van der Waals surface area contributed by atoms with Crippen LogP contribution in [0.25, 0.3) is 0 Å². The van der Waals surface area contributed by atoms with E-state index >= 15 is 0 Å². The van der Waals surface area contributed by atoms with E-state index in [0.717, 1.165) is 30.8 Å². The second kappa shape index (κ2) is 4.08. The van der Waals surface area contributed by atoms with E-state index in [4.69, 9.17) is 11.6 Å². The molecule has 0 aromatic carbocycles. The molecular formula is C10H15ClO. The fourth-order valence-corrected chi connectivity index (χ4v) is 1.81. The molecule has 0 N–H and O–H groups in total. The molecule has 1 nitrogen and oxygen atoms in total. The molecule has 0 amide bonds. The van der Waals surface area contributed by atoms with Crippen LogP contribution in [0.3, 0.4) is 0 Å². The van der Waals surface area contributed by atoms with Gasteiger partial charge in [0.15, 0.2) is 0 Å². The van der Waals surface area contributed by atoms with Crippen LogP contribution in [0.4, 0.5) is 0 Å². The van der Waals surface area contributed by atoms with Gasteiger partial charge in [0.05, 0.1) is 0 Å². The maximum Gasteiger partial charge on any atom is 0.248 e. The molecule has 0 saturated heterocycles. The van der Waals surface area contributed by atoms with E-state index in [1.807, 2.05) is 6.08 Å². The Morgan fingerprint density at radius 1 is 1.67 bits per heavy atom. The lowest BCUT2D eigenvalue weighted by molar-refractivity contribution is -0.108. The fraction of sp³-hybridized carbons (Fsp3) is 0.700. The first-order valence-corrected chi connectivity index (χ1v) is 4.88. The lowest BCUT2D eigenvalue weighted by Crippen LogP contribution is -2.13. The van der Waals surface area contributed by atoms with Crippen molar-refractivity contribution in [1.29, 1.82) is 0 Å². The Balaban J connectivity index is 2.53. The summed E-state index contributed by atoms with van der Waals surface area (Å²) in [6.45, 7) is 4.46. The average molecular weight is 187 g/mol. The molecule has 0 fully saturated rings. The number of hydrogen-bond acceptors (Lipinski definition) is 1. The highest BCUT2D eigenvalue weighted by Gasteiger charge is 2.19. The molecular weight excluding hydrogens is 172 g/mol. The lowest BCUT2D eigenvalue weighted by Gasteiger charge is -2.23. The van der Waals surface area contributed by atoms with Gasteiger partial charge in [-0.3, -0.25) is 4.79 Å². The summed E-state index contributed by atoms with van der Waals surface area (Å²) in [5.74, 6) is 1.46. The van der Waals surface area contributed by atoms with Gasteiger partial charge in [-0.15, -0.1) is 0 Å². The van der Waals surface area contributed by atoms with E-state index in [0.29, 0.717) is 5.92 Å². The molecule has 0 aromatic rings. The summed E-state index contributed by atoms with van der Waals surface area (Å²) in [5.41, 5.74) is 0.813. The molecule has 68 valence electrons. The summed E-state index contributed by atoms with van der Waals surface area (Å²) in [6.07, 6.45) is 5.00. The highest BCUT2D eigenvalue weighted by Crippen LogP contribution is 2.29. The molecule has 0 bridgehead atoms. The van der Waals surface area contributed by atoms with Crippen molar-refractivity contribution in [2.75, 3.05) is 0 Å². The standard InChI is InChI=1S/C10H15ClO/c1-7(2)8-3-5-9(6-4-8)10(11)12/h5,7-8H,3-4,6H2,1-2H3/t8-/m1/s1. The van der Waals surface area contributed by atoms with E-state index in [1.165, 1.54) is 0 Å². The van der Waals surface area contributed by atoms with Crippen molar-refractivity contribution in [3.8, 4) is 0 Å². The minimum atomic E-state index is -0.266. The molecule has 1 rings (SSSR count). The van der Waals surface area contributed by atoms with Crippen molar-refractivity contribution in [2.24, 2.45) is 11.8 Å². The summed E-state index contributed by atoms with van der Waals surface area (Å²) in [6, 6.07) is 0. The van der Waals surface area contributed by atoms with Crippen molar-refractivity contribution in [3.63, 3.8) is 0 Å². The predicted octanol–water partition coefficient (Wildman–Crippen LogP) is 3.13. The minimum Gasteiger partial charge on any atom is -0.276 e. The van der Waals surface area contributed by atoms with Crippen molar-refractivity contribution < 1.29 is 4.79 Å². The first-order valence-electron chi connectivity index (χ1n) is 4.50. The van der Waals surface area contributed by atoms with Crippen molar-refractivity contribution in [1.82, 2.24) is 0 Å². The third kappa shape index (κ3) is 2.34. The van der Waals surface area contributed by atoms with Crippen LogP contribution >= 0.6 is 11.6 Å². The molecule has 0 spiro atoms. The van der Waals surface area contributed by atoms with Gasteiger partial charge in [0.1, 0.15) is 0 Å². The number of rotatable bonds is 2. The average Bonchev–Trinajstić information content (AvgIpc) is 2.04. The normalized spacial score (nSPS) is 24.0. The third-order valence-corrected chi connectivity index (χ3v) is 2.89. The first-order chi connectivity index (χ1) is 5.61. The smallest absolute Gasteiger partial charge is 0.248 e. The third-order valence-electron chi connectivity index (χ3n) is 2.65. The van der Waals surface area contributed by atoms with Crippen LogP contribution in [0.5, 0.6) is 0 Å². The largest absolute Gasteiger partial charge is 0.276 e. The zero-order valence-electron chi connectivity index (χ0n) is 7.64. The van der Waals surface area contributed by atoms with E-state index in [2.05, 4.69) is 13.8 Å². The summed E-state index contributed by atoms with van der Waals surface area (Å²) in [5, 5.41) is -0.266. The SMILES string of the molecule is CC(C)[C@@H]1CC=C(C(=O)Cl)CC1. The van der Waals surface area contributed by atoms with Crippen LogP contribution in [0.1, 0.15) is 33.1 Å². The van der Waals surface area contributed by atoms with Crippen LogP contribution < -0.4 is 0 Å². The molecule has 0 radical (unpaired) electrons. The first kappa shape index (κ1) is 9.79. The molecule has 0 heterocycles. The zero-order valence-corrected chi connectivity index (χ0v) is 8.40. The van der Waals surface area contributed by atoms with Crippen molar-refractivity contribution in [2.45, 2.75) is 33.1 Å². The maximum atomic E-state index is 10.8. The molecule has 0 saturated carbocycles. The van der Waals surface area contributed by atoms with Crippen LogP contribution in [0.15, 0.2) is 11.6 Å². The van der Waals surface area contributed by atoms with Gasteiger partial charge in [0.2, 0.25) is 5.24 Å². The van der Waals surface area contributed by atoms with Crippen LogP contribution in [-0.4, -0.2) is 5.24 Å². The monoisotopic (exact) mass is 186 g/mol. The van der Waals surface area contributed by atoms with E-state index in [-0.39, 0.29) is 5.24 Å². The minimum absolute atomic E-state index is 0.266. The van der Waals surface area contributed by atoms with E-state index < -0.39 is 0 Å². The Morgan fingerprint density at radius 3 is 2.67 bits per heavy atom. The van der Waals surface area contributed by atoms with Gasteiger partial charge >= 0.3 is 0 Å². The number of carbonyl (C=O) groups excluding carboxylic acids is 1. The second-order valence-corrected chi connectivity index (χ2v) is 4.12. The van der Waals surface area contributed by atoms with Gasteiger partial charge in [-0.2, -0.15) is 0 Å². The van der Waals surface area contributed by atoms with E-state index in [9.17, 15) is 4.79 Å². The number of carbonyl (C=O) groups is 1. The van der Waals surface area contributed by atoms with Gasteiger partial charge < -0.3 is 0 Å². The molecule has 12 heavy (non-hydrogen) atoms. The maximum absolute atomic E-state index is 10.8. The van der Waals surface area contributed by atoms with Crippen molar-refractivity contribution in [3.05, 3.63) is 11.6 Å². The van der Waals surface area contributed by atoms with Crippen LogP contribution in [-0.2, 0) is 4.79 Å². The summed E-state index contributed by atoms with van der Waals surface area (Å²) >= 11 is 5.38. The second-order valence-electron chi connectivity index (χ2n) is 3.78. The topological polar surface area (TPSA) is 17.1 Å². The number of hydrogen-bond donors (Lipinski definition) is 0. The number of halogens is 1. The Hall–Kier alpha value is -0.300. The number of allylic oxidation sites excluding steroid dienone is 2. The van der Waals surface area contributed by atoms with Crippen molar-refractivity contribution >= 4 is 16.8 Å². The van der Waals surface area contributed by atoms with Crippen LogP contribution in [0.2, 0.25) is 0 Å². The molecule has 0 aromatic heterocycles. The molecule has 0 unspecified atom stereocenters. The van der Waals surface area contributed by atoms with Gasteiger partial charge in [-0.05, 0) is 42.7 Å². The van der Waals surface area contributed by atoms with Gasteiger partial charge in [-0.1, -0.05) is 19.9 Å². The van der Waals surface area contributed by atoms with Gasteiger partial charge in [0.25, 0.3) is 0 Å². The highest BCUT2D eigenvalue weighted by molar-refractivity contribution is 6.67. The quantitative estimate of drug-likeness (QED) is 0.606. The Kier molecular flexibility index (Phi) is 3.33. The van der Waals surface area contributed by atoms with Crippen LogP contribution in [0, 0.1) is 11.8 Å². The summed E-state index contributed by atoms with van der Waals surface area (Å²) in [4.78, 5) is 10.8. The predicted molar refractivity (Wildman–Crippen MR) is 51.1 cm³/mol. The Bertz CT molecular complexity index is 206. The summed E-state index contributed by atoms with van der Waals surface area (Å²) in [7, 11) is 0. The summed E-state index contributed by atoms with van der Waals surface area (Å²) < 4.78 is 0. The molecule has 0 aliphatic heterocycles. The fourth-order valence-electron chi connectivity index (χ4n) is 1.64.